The molecule has 3 amide bonds. The summed E-state index contributed by atoms with van der Waals surface area (Å²) in [5.74, 6) is -1.16. The Morgan fingerprint density at radius 3 is 2.03 bits per heavy atom. The quantitative estimate of drug-likeness (QED) is 0.378. The zero-order valence-corrected chi connectivity index (χ0v) is 19.1. The van der Waals surface area contributed by atoms with Gasteiger partial charge in [0.25, 0.3) is 5.91 Å². The SMILES string of the molecule is O=C(CCC(=O)Nc1ccc(OCCc2ccccc2)cc1)NNC(=O)c1ccc(C(F)(F)F)cc1. The highest BCUT2D eigenvalue weighted by Gasteiger charge is 2.30. The van der Waals surface area contributed by atoms with Gasteiger partial charge in [-0.2, -0.15) is 13.2 Å². The molecular formula is C26H24F3N3O4. The van der Waals surface area contributed by atoms with Gasteiger partial charge in [-0.15, -0.1) is 0 Å². The van der Waals surface area contributed by atoms with Gasteiger partial charge in [0.05, 0.1) is 12.2 Å². The van der Waals surface area contributed by atoms with E-state index in [1.54, 1.807) is 24.3 Å². The number of halogens is 3. The summed E-state index contributed by atoms with van der Waals surface area (Å²) in [6.07, 6.45) is -4.09. The van der Waals surface area contributed by atoms with Crippen molar-refractivity contribution in [2.75, 3.05) is 11.9 Å². The average molecular weight is 499 g/mol. The smallest absolute Gasteiger partial charge is 0.416 e. The number of hydrogen-bond acceptors (Lipinski definition) is 4. The number of benzene rings is 3. The molecule has 188 valence electrons. The van der Waals surface area contributed by atoms with E-state index >= 15 is 0 Å². The number of ether oxygens (including phenoxy) is 1. The van der Waals surface area contributed by atoms with Crippen molar-refractivity contribution < 1.29 is 32.3 Å². The molecular weight excluding hydrogens is 475 g/mol. The monoisotopic (exact) mass is 499 g/mol. The molecule has 10 heteroatoms. The number of hydrazine groups is 1. The Morgan fingerprint density at radius 2 is 1.39 bits per heavy atom. The van der Waals surface area contributed by atoms with E-state index in [1.165, 1.54) is 5.56 Å². The molecule has 0 spiro atoms. The lowest BCUT2D eigenvalue weighted by molar-refractivity contribution is -0.137. The highest BCUT2D eigenvalue weighted by Crippen LogP contribution is 2.29. The van der Waals surface area contributed by atoms with Crippen LogP contribution in [-0.4, -0.2) is 24.3 Å². The van der Waals surface area contributed by atoms with E-state index in [0.717, 1.165) is 30.7 Å². The third-order valence-electron chi connectivity index (χ3n) is 5.01. The number of nitrogens with one attached hydrogen (secondary N) is 3. The Balaban J connectivity index is 1.34. The van der Waals surface area contributed by atoms with Crippen LogP contribution in [0.2, 0.25) is 0 Å². The van der Waals surface area contributed by atoms with Gasteiger partial charge >= 0.3 is 6.18 Å². The summed E-state index contributed by atoms with van der Waals surface area (Å²) in [4.78, 5) is 36.0. The highest BCUT2D eigenvalue weighted by atomic mass is 19.4. The van der Waals surface area contributed by atoms with Gasteiger partial charge < -0.3 is 10.1 Å². The Morgan fingerprint density at radius 1 is 0.750 bits per heavy atom. The maximum atomic E-state index is 12.6. The van der Waals surface area contributed by atoms with Crippen LogP contribution in [0, 0.1) is 0 Å². The van der Waals surface area contributed by atoms with Gasteiger partial charge in [0.15, 0.2) is 0 Å². The summed E-state index contributed by atoms with van der Waals surface area (Å²) in [6.45, 7) is 0.514. The lowest BCUT2D eigenvalue weighted by Gasteiger charge is -2.10. The molecule has 0 atom stereocenters. The first-order valence-corrected chi connectivity index (χ1v) is 11.0. The van der Waals surface area contributed by atoms with Crippen molar-refractivity contribution in [2.45, 2.75) is 25.4 Å². The molecule has 3 aromatic rings. The maximum absolute atomic E-state index is 12.6. The van der Waals surface area contributed by atoms with Gasteiger partial charge in [-0.25, -0.2) is 0 Å². The van der Waals surface area contributed by atoms with Crippen LogP contribution in [-0.2, 0) is 22.2 Å². The molecule has 36 heavy (non-hydrogen) atoms. The van der Waals surface area contributed by atoms with E-state index in [4.69, 9.17) is 4.74 Å². The van der Waals surface area contributed by atoms with E-state index in [2.05, 4.69) is 16.2 Å². The Hall–Kier alpha value is -4.34. The Bertz CT molecular complexity index is 1170. The number of alkyl halides is 3. The summed E-state index contributed by atoms with van der Waals surface area (Å²) in [6, 6.07) is 20.3. The first kappa shape index (κ1) is 26.3. The van der Waals surface area contributed by atoms with Crippen LogP contribution in [0.3, 0.4) is 0 Å². The lowest BCUT2D eigenvalue weighted by Crippen LogP contribution is -2.41. The van der Waals surface area contributed by atoms with E-state index in [-0.39, 0.29) is 18.4 Å². The van der Waals surface area contributed by atoms with Crippen LogP contribution >= 0.6 is 0 Å². The van der Waals surface area contributed by atoms with E-state index < -0.39 is 29.5 Å². The van der Waals surface area contributed by atoms with Gasteiger partial charge in [0, 0.05) is 30.5 Å². The average Bonchev–Trinajstić information content (AvgIpc) is 2.87. The minimum atomic E-state index is -4.51. The molecule has 3 N–H and O–H groups in total. The normalized spacial score (nSPS) is 10.9. The van der Waals surface area contributed by atoms with Crippen molar-refractivity contribution >= 4 is 23.4 Å². The summed E-state index contributed by atoms with van der Waals surface area (Å²) in [5.41, 5.74) is 4.98. The molecule has 0 saturated carbocycles. The molecule has 0 heterocycles. The van der Waals surface area contributed by atoms with Gasteiger partial charge in [-0.1, -0.05) is 30.3 Å². The maximum Gasteiger partial charge on any atom is 0.416 e. The molecule has 0 unspecified atom stereocenters. The lowest BCUT2D eigenvalue weighted by atomic mass is 10.1. The number of amides is 3. The van der Waals surface area contributed by atoms with Crippen LogP contribution in [0.4, 0.5) is 18.9 Å². The van der Waals surface area contributed by atoms with Crippen molar-refractivity contribution in [3.8, 4) is 5.75 Å². The number of carbonyl (C=O) groups is 3. The largest absolute Gasteiger partial charge is 0.493 e. The molecule has 0 aliphatic heterocycles. The second-order valence-electron chi connectivity index (χ2n) is 7.73. The fourth-order valence-electron chi connectivity index (χ4n) is 3.09. The van der Waals surface area contributed by atoms with Crippen LogP contribution in [0.5, 0.6) is 5.75 Å². The standard InChI is InChI=1S/C26H24F3N3O4/c27-26(28,29)20-8-6-19(7-9-20)25(35)32-31-24(34)15-14-23(33)30-21-10-12-22(13-11-21)36-17-16-18-4-2-1-3-5-18/h1-13H,14-17H2,(H,30,33)(H,31,34)(H,32,35). The van der Waals surface area contributed by atoms with Crippen molar-refractivity contribution in [2.24, 2.45) is 0 Å². The fraction of sp³-hybridized carbons (Fsp3) is 0.192. The van der Waals surface area contributed by atoms with E-state index in [1.807, 2.05) is 30.3 Å². The fourth-order valence-corrected chi connectivity index (χ4v) is 3.09. The molecule has 0 aliphatic rings. The number of carbonyl (C=O) groups excluding carboxylic acids is 3. The summed E-state index contributed by atoms with van der Waals surface area (Å²) < 4.78 is 43.4. The zero-order valence-electron chi connectivity index (χ0n) is 19.1. The predicted molar refractivity (Wildman–Crippen MR) is 127 cm³/mol. The van der Waals surface area contributed by atoms with Gasteiger partial charge in [-0.3, -0.25) is 25.2 Å². The third-order valence-corrected chi connectivity index (χ3v) is 5.01. The van der Waals surface area contributed by atoms with Crippen LogP contribution in [0.15, 0.2) is 78.9 Å². The minimum Gasteiger partial charge on any atom is -0.493 e. The summed E-state index contributed by atoms with van der Waals surface area (Å²) >= 11 is 0. The van der Waals surface area contributed by atoms with E-state index in [9.17, 15) is 27.6 Å². The topological polar surface area (TPSA) is 96.5 Å². The first-order valence-electron chi connectivity index (χ1n) is 11.0. The Kier molecular flexibility index (Phi) is 9.04. The molecule has 3 rings (SSSR count). The number of hydrogen-bond donors (Lipinski definition) is 3. The first-order chi connectivity index (χ1) is 17.2. The highest BCUT2D eigenvalue weighted by molar-refractivity contribution is 5.96. The van der Waals surface area contributed by atoms with Crippen molar-refractivity contribution in [1.29, 1.82) is 0 Å². The molecule has 0 aromatic heterocycles. The second-order valence-corrected chi connectivity index (χ2v) is 7.73. The molecule has 7 nitrogen and oxygen atoms in total. The zero-order chi connectivity index (χ0) is 26.0. The second kappa shape index (κ2) is 12.4. The van der Waals surface area contributed by atoms with Gasteiger partial charge in [-0.05, 0) is 54.1 Å². The predicted octanol–water partition coefficient (Wildman–Crippen LogP) is 4.51. The summed E-state index contributed by atoms with van der Waals surface area (Å²) in [5, 5.41) is 2.66. The van der Waals surface area contributed by atoms with Gasteiger partial charge in [0.1, 0.15) is 5.75 Å². The van der Waals surface area contributed by atoms with Gasteiger partial charge in [0.2, 0.25) is 11.8 Å². The summed E-state index contributed by atoms with van der Waals surface area (Å²) in [7, 11) is 0. The van der Waals surface area contributed by atoms with Crippen LogP contribution < -0.4 is 20.9 Å². The molecule has 3 aromatic carbocycles. The minimum absolute atomic E-state index is 0.0615. The van der Waals surface area contributed by atoms with Crippen molar-refractivity contribution in [3.63, 3.8) is 0 Å². The molecule has 0 bridgehead atoms. The molecule has 0 aliphatic carbocycles. The number of anilines is 1. The van der Waals surface area contributed by atoms with Crippen molar-refractivity contribution in [3.05, 3.63) is 95.6 Å². The van der Waals surface area contributed by atoms with Crippen LogP contribution in [0.1, 0.15) is 34.3 Å². The third kappa shape index (κ3) is 8.46. The molecule has 0 radical (unpaired) electrons. The molecule has 0 fully saturated rings. The van der Waals surface area contributed by atoms with Crippen molar-refractivity contribution in [1.82, 2.24) is 10.9 Å². The molecule has 0 saturated heterocycles. The van der Waals surface area contributed by atoms with Crippen LogP contribution in [0.25, 0.3) is 0 Å². The Labute approximate surface area is 205 Å². The number of rotatable bonds is 9. The van der Waals surface area contributed by atoms with E-state index in [0.29, 0.717) is 18.0 Å².